The average molecular weight is 306 g/mol. The van der Waals surface area contributed by atoms with E-state index in [-0.39, 0.29) is 18.4 Å². The van der Waals surface area contributed by atoms with Gasteiger partial charge in [0.2, 0.25) is 11.0 Å². The van der Waals surface area contributed by atoms with Gasteiger partial charge in [-0.15, -0.1) is 10.2 Å². The SMILES string of the molecule is Cc1cc(C)n(C2CCN(C(=O)Cc3nnc(N)s3)C2)n1. The number of rotatable bonds is 3. The molecule has 0 saturated carbocycles. The van der Waals surface area contributed by atoms with Gasteiger partial charge >= 0.3 is 0 Å². The highest BCUT2D eigenvalue weighted by molar-refractivity contribution is 7.15. The van der Waals surface area contributed by atoms with Crippen molar-refractivity contribution in [1.29, 1.82) is 0 Å². The molecule has 1 fully saturated rings. The van der Waals surface area contributed by atoms with Crippen LogP contribution in [0.3, 0.4) is 0 Å². The summed E-state index contributed by atoms with van der Waals surface area (Å²) in [5.74, 6) is 0.0789. The van der Waals surface area contributed by atoms with Crippen molar-refractivity contribution in [1.82, 2.24) is 24.9 Å². The Kier molecular flexibility index (Phi) is 3.62. The Morgan fingerprint density at radius 2 is 2.29 bits per heavy atom. The fourth-order valence-corrected chi connectivity index (χ4v) is 3.36. The molecule has 1 aliphatic heterocycles. The maximum absolute atomic E-state index is 12.3. The highest BCUT2D eigenvalue weighted by Crippen LogP contribution is 2.24. The van der Waals surface area contributed by atoms with Gasteiger partial charge in [-0.3, -0.25) is 9.48 Å². The number of carbonyl (C=O) groups excluding carboxylic acids is 1. The molecule has 3 rings (SSSR count). The Bertz CT molecular complexity index is 663. The third kappa shape index (κ3) is 2.90. The number of nitrogen functional groups attached to an aromatic ring is 1. The molecule has 1 amide bonds. The first-order valence-electron chi connectivity index (χ1n) is 6.91. The van der Waals surface area contributed by atoms with Gasteiger partial charge in [0.1, 0.15) is 5.01 Å². The van der Waals surface area contributed by atoms with E-state index < -0.39 is 0 Å². The topological polar surface area (TPSA) is 89.9 Å². The van der Waals surface area contributed by atoms with Crippen LogP contribution in [0.25, 0.3) is 0 Å². The Morgan fingerprint density at radius 3 is 2.90 bits per heavy atom. The lowest BCUT2D eigenvalue weighted by Gasteiger charge is -2.16. The van der Waals surface area contributed by atoms with E-state index in [1.807, 2.05) is 16.5 Å². The minimum absolute atomic E-state index is 0.0789. The lowest BCUT2D eigenvalue weighted by atomic mass is 10.2. The van der Waals surface area contributed by atoms with Crippen molar-refractivity contribution < 1.29 is 4.79 Å². The predicted molar refractivity (Wildman–Crippen MR) is 80.0 cm³/mol. The molecular weight excluding hydrogens is 288 g/mol. The molecule has 0 bridgehead atoms. The number of hydrogen-bond donors (Lipinski definition) is 1. The van der Waals surface area contributed by atoms with E-state index in [0.717, 1.165) is 24.4 Å². The van der Waals surface area contributed by atoms with Gasteiger partial charge in [-0.2, -0.15) is 5.10 Å². The molecule has 1 unspecified atom stereocenters. The fourth-order valence-electron chi connectivity index (χ4n) is 2.76. The summed E-state index contributed by atoms with van der Waals surface area (Å²) in [6.45, 7) is 5.50. The van der Waals surface area contributed by atoms with Crippen LogP contribution in [0.4, 0.5) is 5.13 Å². The molecule has 3 heterocycles. The number of nitrogens with zero attached hydrogens (tertiary/aromatic N) is 5. The quantitative estimate of drug-likeness (QED) is 0.912. The number of aromatic nitrogens is 4. The van der Waals surface area contributed by atoms with Crippen molar-refractivity contribution in [3.05, 3.63) is 22.5 Å². The zero-order chi connectivity index (χ0) is 15.0. The van der Waals surface area contributed by atoms with Crippen LogP contribution in [-0.4, -0.2) is 43.9 Å². The third-order valence-electron chi connectivity index (χ3n) is 3.69. The van der Waals surface area contributed by atoms with Gasteiger partial charge in [-0.05, 0) is 26.3 Å². The van der Waals surface area contributed by atoms with Crippen LogP contribution in [0, 0.1) is 13.8 Å². The van der Waals surface area contributed by atoms with Gasteiger partial charge in [0.25, 0.3) is 0 Å². The average Bonchev–Trinajstić information content (AvgIpc) is 3.10. The summed E-state index contributed by atoms with van der Waals surface area (Å²) in [5, 5.41) is 13.2. The fraction of sp³-hybridized carbons (Fsp3) is 0.538. The van der Waals surface area contributed by atoms with Crippen LogP contribution in [0.1, 0.15) is 28.9 Å². The Hall–Kier alpha value is -1.96. The predicted octanol–water partition coefficient (Wildman–Crippen LogP) is 0.950. The molecule has 2 N–H and O–H groups in total. The van der Waals surface area contributed by atoms with Crippen LogP contribution in [0.15, 0.2) is 6.07 Å². The van der Waals surface area contributed by atoms with Crippen LogP contribution < -0.4 is 5.73 Å². The van der Waals surface area contributed by atoms with Gasteiger partial charge in [0, 0.05) is 18.8 Å². The summed E-state index contributed by atoms with van der Waals surface area (Å²) >= 11 is 1.27. The minimum atomic E-state index is 0.0789. The summed E-state index contributed by atoms with van der Waals surface area (Å²) in [6.07, 6.45) is 1.21. The molecule has 7 nitrogen and oxygen atoms in total. The number of carbonyl (C=O) groups is 1. The lowest BCUT2D eigenvalue weighted by Crippen LogP contribution is -2.30. The molecule has 0 aromatic carbocycles. The number of likely N-dealkylation sites (tertiary alicyclic amines) is 1. The molecule has 0 aliphatic carbocycles. The van der Waals surface area contributed by atoms with Gasteiger partial charge in [-0.25, -0.2) is 0 Å². The van der Waals surface area contributed by atoms with Crippen LogP contribution >= 0.6 is 11.3 Å². The third-order valence-corrected chi connectivity index (χ3v) is 4.44. The molecule has 1 saturated heterocycles. The van der Waals surface area contributed by atoms with Crippen molar-refractivity contribution in [2.75, 3.05) is 18.8 Å². The second-order valence-corrected chi connectivity index (χ2v) is 6.46. The summed E-state index contributed by atoms with van der Waals surface area (Å²) in [6, 6.07) is 2.33. The van der Waals surface area contributed by atoms with Crippen molar-refractivity contribution in [2.45, 2.75) is 32.7 Å². The maximum Gasteiger partial charge on any atom is 0.229 e. The number of amides is 1. The highest BCUT2D eigenvalue weighted by Gasteiger charge is 2.29. The Balaban J connectivity index is 1.64. The maximum atomic E-state index is 12.3. The van der Waals surface area contributed by atoms with Crippen molar-refractivity contribution in [3.63, 3.8) is 0 Å². The molecular formula is C13H18N6OS. The summed E-state index contributed by atoms with van der Waals surface area (Å²) in [5.41, 5.74) is 7.69. The van der Waals surface area contributed by atoms with E-state index in [2.05, 4.69) is 28.3 Å². The second kappa shape index (κ2) is 5.44. The number of hydrogen-bond acceptors (Lipinski definition) is 6. The van der Waals surface area contributed by atoms with E-state index in [0.29, 0.717) is 16.7 Å². The molecule has 21 heavy (non-hydrogen) atoms. The first kappa shape index (κ1) is 14.0. The first-order valence-corrected chi connectivity index (χ1v) is 7.73. The second-order valence-electron chi connectivity index (χ2n) is 5.36. The van der Waals surface area contributed by atoms with Gasteiger partial charge in [0.15, 0.2) is 0 Å². The van der Waals surface area contributed by atoms with Crippen LogP contribution in [-0.2, 0) is 11.2 Å². The van der Waals surface area contributed by atoms with E-state index in [4.69, 9.17) is 5.73 Å². The minimum Gasteiger partial charge on any atom is -0.374 e. The molecule has 0 radical (unpaired) electrons. The molecule has 2 aromatic rings. The van der Waals surface area contributed by atoms with E-state index in [9.17, 15) is 4.79 Å². The van der Waals surface area contributed by atoms with Crippen LogP contribution in [0.2, 0.25) is 0 Å². The normalized spacial score (nSPS) is 18.4. The van der Waals surface area contributed by atoms with Crippen molar-refractivity contribution in [2.24, 2.45) is 0 Å². The molecule has 1 aliphatic rings. The zero-order valence-electron chi connectivity index (χ0n) is 12.1. The number of aryl methyl sites for hydroxylation is 2. The number of anilines is 1. The molecule has 8 heteroatoms. The molecule has 112 valence electrons. The highest BCUT2D eigenvalue weighted by atomic mass is 32.1. The summed E-state index contributed by atoms with van der Waals surface area (Å²) in [7, 11) is 0. The van der Waals surface area contributed by atoms with E-state index in [1.165, 1.54) is 11.3 Å². The number of nitrogens with two attached hydrogens (primary N) is 1. The van der Waals surface area contributed by atoms with Gasteiger partial charge in [0.05, 0.1) is 18.2 Å². The van der Waals surface area contributed by atoms with E-state index in [1.54, 1.807) is 0 Å². The summed E-state index contributed by atoms with van der Waals surface area (Å²) < 4.78 is 2.03. The van der Waals surface area contributed by atoms with Gasteiger partial charge in [-0.1, -0.05) is 11.3 Å². The Morgan fingerprint density at radius 1 is 1.48 bits per heavy atom. The zero-order valence-corrected chi connectivity index (χ0v) is 12.9. The smallest absolute Gasteiger partial charge is 0.229 e. The lowest BCUT2D eigenvalue weighted by molar-refractivity contribution is -0.129. The van der Waals surface area contributed by atoms with E-state index >= 15 is 0 Å². The monoisotopic (exact) mass is 306 g/mol. The Labute approximate surface area is 126 Å². The molecule has 1 atom stereocenters. The van der Waals surface area contributed by atoms with Crippen molar-refractivity contribution >= 4 is 22.4 Å². The largest absolute Gasteiger partial charge is 0.374 e. The first-order chi connectivity index (χ1) is 10.0. The summed E-state index contributed by atoms with van der Waals surface area (Å²) in [4.78, 5) is 14.2. The molecule has 0 spiro atoms. The van der Waals surface area contributed by atoms with Crippen LogP contribution in [0.5, 0.6) is 0 Å². The molecule has 2 aromatic heterocycles. The van der Waals surface area contributed by atoms with Gasteiger partial charge < -0.3 is 10.6 Å². The standard InChI is InChI=1S/C13H18N6OS/c1-8-5-9(2)19(17-8)10-3-4-18(7-10)12(20)6-11-15-16-13(14)21-11/h5,10H,3-4,6-7H2,1-2H3,(H2,14,16). The van der Waals surface area contributed by atoms with Crippen molar-refractivity contribution in [3.8, 4) is 0 Å².